The molecule has 1 unspecified atom stereocenters. The van der Waals surface area contributed by atoms with Gasteiger partial charge in [-0.2, -0.15) is 0 Å². The second-order valence-corrected chi connectivity index (χ2v) is 5.13. The Morgan fingerprint density at radius 3 is 2.36 bits per heavy atom. The fourth-order valence-corrected chi connectivity index (χ4v) is 3.07. The first kappa shape index (κ1) is 10.4. The van der Waals surface area contributed by atoms with Crippen LogP contribution in [-0.4, -0.2) is 30.1 Å². The van der Waals surface area contributed by atoms with Crippen molar-refractivity contribution in [1.29, 1.82) is 0 Å². The lowest BCUT2D eigenvalue weighted by Crippen LogP contribution is -2.38. The number of hydrogen-bond acceptors (Lipinski definition) is 2. The van der Waals surface area contributed by atoms with Gasteiger partial charge in [-0.25, -0.2) is 0 Å². The maximum Gasteiger partial charge on any atom is 0.0180 e. The quantitative estimate of drug-likeness (QED) is 0.732. The normalized spacial score (nSPS) is 40.3. The van der Waals surface area contributed by atoms with E-state index in [4.69, 9.17) is 5.73 Å². The van der Waals surface area contributed by atoms with Crippen molar-refractivity contribution < 1.29 is 0 Å². The molecule has 2 N–H and O–H groups in total. The topological polar surface area (TPSA) is 29.3 Å². The number of hydrogen-bond donors (Lipinski definition) is 1. The van der Waals surface area contributed by atoms with Crippen LogP contribution in [-0.2, 0) is 0 Å². The molecule has 0 spiro atoms. The van der Waals surface area contributed by atoms with Crippen LogP contribution in [0, 0.1) is 5.92 Å². The van der Waals surface area contributed by atoms with Crippen LogP contribution in [0.25, 0.3) is 0 Å². The molecule has 2 fully saturated rings. The zero-order chi connectivity index (χ0) is 9.97. The van der Waals surface area contributed by atoms with E-state index in [1.54, 1.807) is 0 Å². The summed E-state index contributed by atoms with van der Waals surface area (Å²) >= 11 is 0. The maximum atomic E-state index is 5.94. The number of nitrogens with two attached hydrogens (primary N) is 1. The number of nitrogens with zero attached hydrogens (tertiary/aromatic N) is 1. The average molecular weight is 196 g/mol. The number of likely N-dealkylation sites (tertiary alicyclic amines) is 1. The SMILES string of the molecule is CCC1CCC(N2CCC(N)C2)CC1. The molecule has 0 amide bonds. The summed E-state index contributed by atoms with van der Waals surface area (Å²) in [6, 6.07) is 1.32. The van der Waals surface area contributed by atoms with Gasteiger partial charge in [0.1, 0.15) is 0 Å². The third-order valence-electron chi connectivity index (χ3n) is 4.17. The molecule has 1 aliphatic heterocycles. The summed E-state index contributed by atoms with van der Waals surface area (Å²) < 4.78 is 0. The summed E-state index contributed by atoms with van der Waals surface area (Å²) in [5.74, 6) is 1.02. The smallest absolute Gasteiger partial charge is 0.0180 e. The van der Waals surface area contributed by atoms with Gasteiger partial charge < -0.3 is 5.73 Å². The average Bonchev–Trinajstić information content (AvgIpc) is 2.65. The Morgan fingerprint density at radius 2 is 1.86 bits per heavy atom. The van der Waals surface area contributed by atoms with Crippen molar-refractivity contribution in [2.75, 3.05) is 13.1 Å². The summed E-state index contributed by atoms with van der Waals surface area (Å²) in [4.78, 5) is 2.64. The third kappa shape index (κ3) is 2.29. The van der Waals surface area contributed by atoms with Gasteiger partial charge in [-0.3, -0.25) is 4.90 Å². The van der Waals surface area contributed by atoms with Crippen LogP contribution in [0.2, 0.25) is 0 Å². The largest absolute Gasteiger partial charge is 0.326 e. The summed E-state index contributed by atoms with van der Waals surface area (Å²) in [6.45, 7) is 4.74. The fourth-order valence-electron chi connectivity index (χ4n) is 3.07. The molecule has 1 atom stereocenters. The van der Waals surface area contributed by atoms with Gasteiger partial charge in [0, 0.05) is 25.2 Å². The summed E-state index contributed by atoms with van der Waals surface area (Å²) in [6.07, 6.45) is 8.34. The predicted octanol–water partition coefficient (Wildman–Crippen LogP) is 1.99. The Morgan fingerprint density at radius 1 is 1.14 bits per heavy atom. The van der Waals surface area contributed by atoms with Gasteiger partial charge in [0.2, 0.25) is 0 Å². The molecule has 2 heteroatoms. The third-order valence-corrected chi connectivity index (χ3v) is 4.17. The lowest BCUT2D eigenvalue weighted by molar-refractivity contribution is 0.161. The zero-order valence-corrected chi connectivity index (χ0v) is 9.41. The molecule has 2 rings (SSSR count). The second-order valence-electron chi connectivity index (χ2n) is 5.13. The van der Waals surface area contributed by atoms with E-state index in [2.05, 4.69) is 11.8 Å². The van der Waals surface area contributed by atoms with Crippen molar-refractivity contribution in [3.8, 4) is 0 Å². The van der Waals surface area contributed by atoms with E-state index in [0.717, 1.165) is 18.5 Å². The maximum absolute atomic E-state index is 5.94. The molecule has 0 aromatic rings. The minimum absolute atomic E-state index is 0.457. The van der Waals surface area contributed by atoms with Crippen LogP contribution in [0.4, 0.5) is 0 Å². The minimum Gasteiger partial charge on any atom is -0.326 e. The van der Waals surface area contributed by atoms with E-state index in [1.807, 2.05) is 0 Å². The first-order valence-electron chi connectivity index (χ1n) is 6.29. The van der Waals surface area contributed by atoms with Crippen LogP contribution in [0.3, 0.4) is 0 Å². The standard InChI is InChI=1S/C12H24N2/c1-2-10-3-5-12(6-4-10)14-8-7-11(13)9-14/h10-12H,2-9,13H2,1H3. The van der Waals surface area contributed by atoms with E-state index in [1.165, 1.54) is 45.1 Å². The Labute approximate surface area is 87.8 Å². The van der Waals surface area contributed by atoms with Crippen LogP contribution in [0.5, 0.6) is 0 Å². The van der Waals surface area contributed by atoms with E-state index in [-0.39, 0.29) is 0 Å². The highest BCUT2D eigenvalue weighted by Crippen LogP contribution is 2.30. The van der Waals surface area contributed by atoms with E-state index < -0.39 is 0 Å². The lowest BCUT2D eigenvalue weighted by atomic mass is 9.84. The van der Waals surface area contributed by atoms with Gasteiger partial charge in [0.15, 0.2) is 0 Å². The zero-order valence-electron chi connectivity index (χ0n) is 9.41. The highest BCUT2D eigenvalue weighted by atomic mass is 15.2. The van der Waals surface area contributed by atoms with Gasteiger partial charge in [0.25, 0.3) is 0 Å². The van der Waals surface area contributed by atoms with Crippen molar-refractivity contribution in [2.45, 2.75) is 57.5 Å². The second kappa shape index (κ2) is 4.63. The minimum atomic E-state index is 0.457. The van der Waals surface area contributed by atoms with E-state index in [9.17, 15) is 0 Å². The molecule has 1 heterocycles. The molecule has 1 saturated heterocycles. The van der Waals surface area contributed by atoms with E-state index >= 15 is 0 Å². The first-order valence-corrected chi connectivity index (χ1v) is 6.29. The van der Waals surface area contributed by atoms with Gasteiger partial charge in [0.05, 0.1) is 0 Å². The van der Waals surface area contributed by atoms with Gasteiger partial charge in [-0.1, -0.05) is 13.3 Å². The van der Waals surface area contributed by atoms with Crippen LogP contribution in [0.1, 0.15) is 45.4 Å². The van der Waals surface area contributed by atoms with Gasteiger partial charge >= 0.3 is 0 Å². The molecule has 0 aromatic carbocycles. The Kier molecular flexibility index (Phi) is 3.45. The molecule has 2 aliphatic rings. The summed E-state index contributed by atoms with van der Waals surface area (Å²) in [5, 5.41) is 0. The first-order chi connectivity index (χ1) is 6.79. The van der Waals surface area contributed by atoms with Crippen molar-refractivity contribution in [1.82, 2.24) is 4.90 Å². The molecule has 0 bridgehead atoms. The molecule has 0 aromatic heterocycles. The highest BCUT2D eigenvalue weighted by Gasteiger charge is 2.29. The van der Waals surface area contributed by atoms with Gasteiger partial charge in [-0.05, 0) is 38.0 Å². The molecule has 1 saturated carbocycles. The van der Waals surface area contributed by atoms with E-state index in [0.29, 0.717) is 6.04 Å². The molecule has 82 valence electrons. The molecule has 1 aliphatic carbocycles. The van der Waals surface area contributed by atoms with Crippen LogP contribution >= 0.6 is 0 Å². The Balaban J connectivity index is 1.78. The van der Waals surface area contributed by atoms with Crippen molar-refractivity contribution in [3.63, 3.8) is 0 Å². The van der Waals surface area contributed by atoms with Crippen LogP contribution in [0.15, 0.2) is 0 Å². The monoisotopic (exact) mass is 196 g/mol. The molecule has 0 radical (unpaired) electrons. The lowest BCUT2D eigenvalue weighted by Gasteiger charge is -2.34. The highest BCUT2D eigenvalue weighted by molar-refractivity contribution is 4.86. The molecule has 2 nitrogen and oxygen atoms in total. The summed E-state index contributed by atoms with van der Waals surface area (Å²) in [7, 11) is 0. The van der Waals surface area contributed by atoms with Crippen molar-refractivity contribution in [2.24, 2.45) is 11.7 Å². The van der Waals surface area contributed by atoms with Crippen molar-refractivity contribution >= 4 is 0 Å². The van der Waals surface area contributed by atoms with Gasteiger partial charge in [-0.15, -0.1) is 0 Å². The predicted molar refractivity (Wildman–Crippen MR) is 60.2 cm³/mol. The molecular weight excluding hydrogens is 172 g/mol. The molecular formula is C12H24N2. The molecule has 14 heavy (non-hydrogen) atoms. The van der Waals surface area contributed by atoms with Crippen LogP contribution < -0.4 is 5.73 Å². The Bertz CT molecular complexity index is 173. The number of rotatable bonds is 2. The summed E-state index contributed by atoms with van der Waals surface area (Å²) in [5.41, 5.74) is 5.94. The van der Waals surface area contributed by atoms with Crippen molar-refractivity contribution in [3.05, 3.63) is 0 Å². The Hall–Kier alpha value is -0.0800. The fraction of sp³-hybridized carbons (Fsp3) is 1.00.